The number of nitrogens with one attached hydrogen (secondary N) is 1. The SMILES string of the molecule is NCCN1C(=O)CC[C@H]2CN(Cc3cn[nH]c3C3CCCCC3)CC[C@H]21. The number of carbonyl (C=O) groups excluding carboxylic acids is 1. The molecule has 3 fully saturated rings. The van der Waals surface area contributed by atoms with Gasteiger partial charge in [0, 0.05) is 62.4 Å². The molecule has 0 aromatic carbocycles. The van der Waals surface area contributed by atoms with Gasteiger partial charge in [-0.2, -0.15) is 5.10 Å². The second kappa shape index (κ2) is 8.09. The summed E-state index contributed by atoms with van der Waals surface area (Å²) < 4.78 is 0. The van der Waals surface area contributed by atoms with Gasteiger partial charge in [-0.25, -0.2) is 0 Å². The van der Waals surface area contributed by atoms with Crippen LogP contribution >= 0.6 is 0 Å². The lowest BCUT2D eigenvalue weighted by atomic mass is 9.83. The zero-order valence-electron chi connectivity index (χ0n) is 15.8. The summed E-state index contributed by atoms with van der Waals surface area (Å²) in [7, 11) is 0. The van der Waals surface area contributed by atoms with Crippen LogP contribution < -0.4 is 5.73 Å². The van der Waals surface area contributed by atoms with Crippen molar-refractivity contribution in [3.63, 3.8) is 0 Å². The molecule has 1 aromatic heterocycles. The molecule has 1 amide bonds. The summed E-state index contributed by atoms with van der Waals surface area (Å²) in [5.41, 5.74) is 8.51. The fourth-order valence-electron chi connectivity index (χ4n) is 5.43. The molecule has 3 aliphatic rings. The van der Waals surface area contributed by atoms with Crippen LogP contribution in [0.15, 0.2) is 6.20 Å². The van der Waals surface area contributed by atoms with Gasteiger partial charge < -0.3 is 10.6 Å². The molecule has 3 heterocycles. The lowest BCUT2D eigenvalue weighted by molar-refractivity contribution is -0.141. The van der Waals surface area contributed by atoms with Gasteiger partial charge >= 0.3 is 0 Å². The summed E-state index contributed by atoms with van der Waals surface area (Å²) in [6.45, 7) is 4.43. The lowest BCUT2D eigenvalue weighted by Crippen LogP contribution is -2.56. The Bertz CT molecular complexity index is 609. The number of amides is 1. The van der Waals surface area contributed by atoms with E-state index in [-0.39, 0.29) is 0 Å². The third kappa shape index (κ3) is 3.67. The van der Waals surface area contributed by atoms with E-state index in [0.717, 1.165) is 32.5 Å². The van der Waals surface area contributed by atoms with Gasteiger partial charge in [0.25, 0.3) is 0 Å². The number of aromatic amines is 1. The van der Waals surface area contributed by atoms with E-state index >= 15 is 0 Å². The van der Waals surface area contributed by atoms with E-state index in [1.807, 2.05) is 6.20 Å². The number of nitrogens with zero attached hydrogens (tertiary/aromatic N) is 3. The first-order chi connectivity index (χ1) is 12.8. The molecule has 2 atom stereocenters. The number of rotatable bonds is 5. The summed E-state index contributed by atoms with van der Waals surface area (Å²) in [5.74, 6) is 1.57. The summed E-state index contributed by atoms with van der Waals surface area (Å²) in [5, 5.41) is 7.68. The predicted molar refractivity (Wildman–Crippen MR) is 102 cm³/mol. The van der Waals surface area contributed by atoms with Crippen molar-refractivity contribution in [2.24, 2.45) is 11.7 Å². The Kier molecular flexibility index (Phi) is 5.60. The second-order valence-corrected chi connectivity index (χ2v) is 8.41. The predicted octanol–water partition coefficient (Wildman–Crippen LogP) is 2.23. The number of hydrogen-bond acceptors (Lipinski definition) is 4. The molecule has 2 aliphatic heterocycles. The standard InChI is InChI=1S/C20H33N5O/c21-9-11-25-18-8-10-24(13-16(18)6-7-19(25)26)14-17-12-22-23-20(17)15-4-2-1-3-5-15/h12,15-16,18H,1-11,13-14,21H2,(H,22,23)/t16-,18+/m0/s1. The van der Waals surface area contributed by atoms with Gasteiger partial charge in [0.05, 0.1) is 6.20 Å². The second-order valence-electron chi connectivity index (χ2n) is 8.41. The van der Waals surface area contributed by atoms with Crippen LogP contribution in [-0.4, -0.2) is 58.1 Å². The van der Waals surface area contributed by atoms with Crippen molar-refractivity contribution in [1.29, 1.82) is 0 Å². The minimum atomic E-state index is 0.305. The quantitative estimate of drug-likeness (QED) is 0.845. The number of likely N-dealkylation sites (tertiary alicyclic amines) is 2. The van der Waals surface area contributed by atoms with Gasteiger partial charge in [-0.3, -0.25) is 14.8 Å². The number of H-pyrrole nitrogens is 1. The molecule has 6 heteroatoms. The molecule has 0 unspecified atom stereocenters. The highest BCUT2D eigenvalue weighted by Gasteiger charge is 2.39. The minimum Gasteiger partial charge on any atom is -0.338 e. The highest BCUT2D eigenvalue weighted by Crippen LogP contribution is 2.35. The third-order valence-electron chi connectivity index (χ3n) is 6.76. The number of nitrogens with two attached hydrogens (primary N) is 1. The van der Waals surface area contributed by atoms with Crippen molar-refractivity contribution in [2.75, 3.05) is 26.2 Å². The first-order valence-electron chi connectivity index (χ1n) is 10.5. The maximum atomic E-state index is 12.2. The van der Waals surface area contributed by atoms with Crippen molar-refractivity contribution in [1.82, 2.24) is 20.0 Å². The number of fused-ring (bicyclic) bond motifs is 1. The van der Waals surface area contributed by atoms with Crippen LogP contribution in [0.25, 0.3) is 0 Å². The van der Waals surface area contributed by atoms with Gasteiger partial charge in [-0.1, -0.05) is 19.3 Å². The van der Waals surface area contributed by atoms with E-state index in [1.54, 1.807) is 0 Å². The molecule has 4 rings (SSSR count). The van der Waals surface area contributed by atoms with Crippen molar-refractivity contribution in [2.45, 2.75) is 69.9 Å². The monoisotopic (exact) mass is 359 g/mol. The smallest absolute Gasteiger partial charge is 0.222 e. The van der Waals surface area contributed by atoms with E-state index in [4.69, 9.17) is 5.73 Å². The molecule has 1 saturated carbocycles. The Morgan fingerprint density at radius 3 is 2.85 bits per heavy atom. The average Bonchev–Trinajstić information content (AvgIpc) is 3.13. The minimum absolute atomic E-state index is 0.305. The van der Waals surface area contributed by atoms with Crippen LogP contribution in [-0.2, 0) is 11.3 Å². The summed E-state index contributed by atoms with van der Waals surface area (Å²) in [6, 6.07) is 0.401. The van der Waals surface area contributed by atoms with Crippen molar-refractivity contribution >= 4 is 5.91 Å². The maximum absolute atomic E-state index is 12.2. The fraction of sp³-hybridized carbons (Fsp3) is 0.800. The van der Waals surface area contributed by atoms with E-state index < -0.39 is 0 Å². The Morgan fingerprint density at radius 2 is 2.04 bits per heavy atom. The molecule has 1 aliphatic carbocycles. The van der Waals surface area contributed by atoms with Gasteiger partial charge in [0.2, 0.25) is 5.91 Å². The highest BCUT2D eigenvalue weighted by atomic mass is 16.2. The van der Waals surface area contributed by atoms with Gasteiger partial charge in [-0.05, 0) is 31.6 Å². The van der Waals surface area contributed by atoms with E-state index in [2.05, 4.69) is 20.0 Å². The van der Waals surface area contributed by atoms with E-state index in [9.17, 15) is 4.79 Å². The molecule has 3 N–H and O–H groups in total. The maximum Gasteiger partial charge on any atom is 0.222 e. The van der Waals surface area contributed by atoms with Crippen LogP contribution in [0.3, 0.4) is 0 Å². The first kappa shape index (κ1) is 18.0. The zero-order valence-corrected chi connectivity index (χ0v) is 15.8. The number of hydrogen-bond donors (Lipinski definition) is 2. The molecular weight excluding hydrogens is 326 g/mol. The Morgan fingerprint density at radius 1 is 1.19 bits per heavy atom. The van der Waals surface area contributed by atoms with Crippen LogP contribution in [0, 0.1) is 5.92 Å². The summed E-state index contributed by atoms with van der Waals surface area (Å²) in [6.07, 6.45) is 11.5. The summed E-state index contributed by atoms with van der Waals surface area (Å²) in [4.78, 5) is 16.9. The van der Waals surface area contributed by atoms with Crippen LogP contribution in [0.1, 0.15) is 68.5 Å². The van der Waals surface area contributed by atoms with Crippen molar-refractivity contribution in [3.05, 3.63) is 17.5 Å². The Balaban J connectivity index is 1.39. The third-order valence-corrected chi connectivity index (χ3v) is 6.76. The molecule has 6 nitrogen and oxygen atoms in total. The van der Waals surface area contributed by atoms with Gasteiger partial charge in [0.15, 0.2) is 0 Å². The molecule has 0 bridgehead atoms. The van der Waals surface area contributed by atoms with Gasteiger partial charge in [-0.15, -0.1) is 0 Å². The zero-order chi connectivity index (χ0) is 17.9. The fourth-order valence-corrected chi connectivity index (χ4v) is 5.43. The Hall–Kier alpha value is -1.40. The molecule has 1 aromatic rings. The van der Waals surface area contributed by atoms with Crippen molar-refractivity contribution < 1.29 is 4.79 Å². The molecule has 0 spiro atoms. The summed E-state index contributed by atoms with van der Waals surface area (Å²) >= 11 is 0. The normalized spacial score (nSPS) is 28.3. The van der Waals surface area contributed by atoms with Crippen LogP contribution in [0.2, 0.25) is 0 Å². The van der Waals surface area contributed by atoms with Crippen molar-refractivity contribution in [3.8, 4) is 0 Å². The number of carbonyl (C=O) groups is 1. The first-order valence-corrected chi connectivity index (χ1v) is 10.5. The molecular formula is C20H33N5O. The van der Waals surface area contributed by atoms with Gasteiger partial charge in [0.1, 0.15) is 0 Å². The van der Waals surface area contributed by atoms with E-state index in [0.29, 0.717) is 43.3 Å². The number of aromatic nitrogens is 2. The van der Waals surface area contributed by atoms with E-state index in [1.165, 1.54) is 43.4 Å². The molecule has 2 saturated heterocycles. The highest BCUT2D eigenvalue weighted by molar-refractivity contribution is 5.77. The molecule has 26 heavy (non-hydrogen) atoms. The topological polar surface area (TPSA) is 78.2 Å². The van der Waals surface area contributed by atoms with Crippen LogP contribution in [0.4, 0.5) is 0 Å². The lowest BCUT2D eigenvalue weighted by Gasteiger charge is -2.47. The Labute approximate surface area is 156 Å². The van der Waals surface area contributed by atoms with Crippen LogP contribution in [0.5, 0.6) is 0 Å². The molecule has 0 radical (unpaired) electrons. The largest absolute Gasteiger partial charge is 0.338 e. The average molecular weight is 360 g/mol. The number of piperidine rings is 2. The molecule has 144 valence electrons.